The van der Waals surface area contributed by atoms with Crippen molar-refractivity contribution in [1.82, 2.24) is 5.32 Å². The third kappa shape index (κ3) is 5.79. The molecule has 0 saturated heterocycles. The van der Waals surface area contributed by atoms with E-state index in [2.05, 4.69) is 14.8 Å². The monoisotopic (exact) mass is 195 g/mol. The number of carbonyl (C=O) groups excluding carboxylic acids is 2. The lowest BCUT2D eigenvalue weighted by Gasteiger charge is -2.03. The number of hydrogen-bond donors (Lipinski definition) is 1. The average Bonchev–Trinajstić information content (AvgIpc) is 2.02. The van der Waals surface area contributed by atoms with Crippen LogP contribution in [0, 0.1) is 0 Å². The predicted molar refractivity (Wildman–Crippen MR) is 41.8 cm³/mol. The molecule has 0 radical (unpaired) electrons. The van der Waals surface area contributed by atoms with E-state index in [-0.39, 0.29) is 19.2 Å². The smallest absolute Gasteiger partial charge is 0.408 e. The highest BCUT2D eigenvalue weighted by molar-refractivity contribution is 6.17. The van der Waals surface area contributed by atoms with Gasteiger partial charge in [0.2, 0.25) is 0 Å². The molecule has 0 spiro atoms. The van der Waals surface area contributed by atoms with Gasteiger partial charge in [0.05, 0.1) is 6.61 Å². The van der Waals surface area contributed by atoms with Crippen LogP contribution in [0.2, 0.25) is 0 Å². The van der Waals surface area contributed by atoms with Crippen LogP contribution in [-0.2, 0) is 14.3 Å². The summed E-state index contributed by atoms with van der Waals surface area (Å²) < 4.78 is 8.81. The normalized spacial score (nSPS) is 8.83. The maximum Gasteiger partial charge on any atom is 0.408 e. The van der Waals surface area contributed by atoms with E-state index < -0.39 is 12.1 Å². The summed E-state index contributed by atoms with van der Waals surface area (Å²) >= 11 is 5.07. The highest BCUT2D eigenvalue weighted by Gasteiger charge is 2.04. The van der Waals surface area contributed by atoms with Crippen LogP contribution in [0.3, 0.4) is 0 Å². The number of alkyl halides is 1. The van der Waals surface area contributed by atoms with Gasteiger partial charge in [0.25, 0.3) is 0 Å². The van der Waals surface area contributed by atoms with Gasteiger partial charge in [-0.25, -0.2) is 4.79 Å². The molecule has 0 fully saturated rings. The Morgan fingerprint density at radius 2 is 2.08 bits per heavy atom. The topological polar surface area (TPSA) is 64.6 Å². The first-order chi connectivity index (χ1) is 5.70. The van der Waals surface area contributed by atoms with Gasteiger partial charge in [-0.3, -0.25) is 4.79 Å². The second-order valence-electron chi connectivity index (χ2n) is 1.70. The lowest BCUT2D eigenvalue weighted by atomic mass is 10.6. The predicted octanol–water partition coefficient (Wildman–Crippen LogP) is 0.472. The highest BCUT2D eigenvalue weighted by atomic mass is 35.5. The van der Waals surface area contributed by atoms with E-state index in [1.54, 1.807) is 6.92 Å². The second-order valence-corrected chi connectivity index (χ2v) is 1.92. The standard InChI is InChI=1S/C6H10ClNO4/c1-2-11-5(9)3-8-6(10)12-4-7/h2-4H2,1H3,(H,8,10). The lowest BCUT2D eigenvalue weighted by molar-refractivity contribution is -0.141. The third-order valence-corrected chi connectivity index (χ3v) is 0.977. The van der Waals surface area contributed by atoms with Crippen LogP contribution in [0.5, 0.6) is 0 Å². The van der Waals surface area contributed by atoms with E-state index in [0.29, 0.717) is 0 Å². The van der Waals surface area contributed by atoms with Crippen molar-refractivity contribution >= 4 is 23.7 Å². The molecule has 0 rings (SSSR count). The van der Waals surface area contributed by atoms with Gasteiger partial charge in [0, 0.05) is 0 Å². The number of ether oxygens (including phenoxy) is 2. The fourth-order valence-electron chi connectivity index (χ4n) is 0.457. The van der Waals surface area contributed by atoms with Crippen molar-refractivity contribution in [3.63, 3.8) is 0 Å². The molecule has 70 valence electrons. The van der Waals surface area contributed by atoms with Gasteiger partial charge in [-0.2, -0.15) is 0 Å². The Morgan fingerprint density at radius 1 is 1.42 bits per heavy atom. The van der Waals surface area contributed by atoms with Crippen molar-refractivity contribution in [2.75, 3.05) is 19.2 Å². The summed E-state index contributed by atoms with van der Waals surface area (Å²) in [5, 5.41) is 2.15. The zero-order valence-electron chi connectivity index (χ0n) is 6.63. The van der Waals surface area contributed by atoms with Crippen LogP contribution in [0.25, 0.3) is 0 Å². The van der Waals surface area contributed by atoms with Crippen LogP contribution in [0.15, 0.2) is 0 Å². The van der Waals surface area contributed by atoms with Gasteiger partial charge in [-0.15, -0.1) is 0 Å². The minimum absolute atomic E-state index is 0.205. The van der Waals surface area contributed by atoms with Gasteiger partial charge in [-0.1, -0.05) is 11.6 Å². The third-order valence-electron chi connectivity index (χ3n) is 0.868. The highest BCUT2D eigenvalue weighted by Crippen LogP contribution is 1.81. The van der Waals surface area contributed by atoms with Gasteiger partial charge < -0.3 is 14.8 Å². The Labute approximate surface area is 75.0 Å². The summed E-state index contributed by atoms with van der Waals surface area (Å²) in [5.41, 5.74) is 0. The van der Waals surface area contributed by atoms with E-state index in [4.69, 9.17) is 11.6 Å². The van der Waals surface area contributed by atoms with Gasteiger partial charge >= 0.3 is 12.1 Å². The summed E-state index contributed by atoms with van der Waals surface area (Å²) in [4.78, 5) is 21.2. The van der Waals surface area contributed by atoms with Crippen LogP contribution < -0.4 is 5.32 Å². The first-order valence-electron chi connectivity index (χ1n) is 3.33. The van der Waals surface area contributed by atoms with E-state index in [1.165, 1.54) is 0 Å². The molecule has 0 unspecified atom stereocenters. The Balaban J connectivity index is 3.40. The second kappa shape index (κ2) is 6.72. The zero-order valence-corrected chi connectivity index (χ0v) is 7.39. The van der Waals surface area contributed by atoms with Crippen molar-refractivity contribution in [2.45, 2.75) is 6.92 Å². The first-order valence-corrected chi connectivity index (χ1v) is 3.86. The molecule has 0 aliphatic rings. The number of nitrogens with one attached hydrogen (secondary N) is 1. The fraction of sp³-hybridized carbons (Fsp3) is 0.667. The molecule has 1 N–H and O–H groups in total. The molecule has 12 heavy (non-hydrogen) atoms. The molecule has 0 aliphatic carbocycles. The van der Waals surface area contributed by atoms with Crippen LogP contribution in [-0.4, -0.2) is 31.3 Å². The quantitative estimate of drug-likeness (QED) is 0.523. The Morgan fingerprint density at radius 3 is 2.58 bits per heavy atom. The first kappa shape index (κ1) is 11.0. The van der Waals surface area contributed by atoms with Crippen molar-refractivity contribution in [3.05, 3.63) is 0 Å². The van der Waals surface area contributed by atoms with E-state index in [0.717, 1.165) is 0 Å². The van der Waals surface area contributed by atoms with Crippen LogP contribution in [0.4, 0.5) is 4.79 Å². The maximum atomic E-state index is 10.6. The number of esters is 1. The largest absolute Gasteiger partial charge is 0.465 e. The molecule has 0 atom stereocenters. The average molecular weight is 196 g/mol. The van der Waals surface area contributed by atoms with Crippen LogP contribution in [0.1, 0.15) is 6.92 Å². The molecule has 0 aliphatic heterocycles. The number of rotatable bonds is 4. The van der Waals surface area contributed by atoms with E-state index in [1.807, 2.05) is 0 Å². The van der Waals surface area contributed by atoms with Gasteiger partial charge in [0.1, 0.15) is 6.54 Å². The number of halogens is 1. The SMILES string of the molecule is CCOC(=O)CNC(=O)OCCl. The molecule has 0 saturated carbocycles. The molecule has 1 amide bonds. The summed E-state index contributed by atoms with van der Waals surface area (Å²) in [5.74, 6) is -0.510. The van der Waals surface area contributed by atoms with Gasteiger partial charge in [0.15, 0.2) is 6.07 Å². The molecule has 0 aromatic rings. The van der Waals surface area contributed by atoms with Crippen LogP contribution >= 0.6 is 11.6 Å². The summed E-state index contributed by atoms with van der Waals surface area (Å²) in [6.07, 6.45) is -0.738. The molecule has 0 aromatic heterocycles. The Kier molecular flexibility index (Phi) is 6.18. The number of alkyl carbamates (subject to hydrolysis) is 1. The molecule has 0 bridgehead atoms. The van der Waals surface area contributed by atoms with Crippen molar-refractivity contribution in [3.8, 4) is 0 Å². The molecular weight excluding hydrogens is 186 g/mol. The Hall–Kier alpha value is -0.970. The minimum Gasteiger partial charge on any atom is -0.465 e. The molecule has 0 heterocycles. The summed E-state index contributed by atoms with van der Waals surface area (Å²) in [7, 11) is 0. The summed E-state index contributed by atoms with van der Waals surface area (Å²) in [6.45, 7) is 1.75. The van der Waals surface area contributed by atoms with Crippen molar-refractivity contribution < 1.29 is 19.1 Å². The number of hydrogen-bond acceptors (Lipinski definition) is 4. The van der Waals surface area contributed by atoms with Gasteiger partial charge in [-0.05, 0) is 6.92 Å². The van der Waals surface area contributed by atoms with E-state index >= 15 is 0 Å². The van der Waals surface area contributed by atoms with Crippen molar-refractivity contribution in [2.24, 2.45) is 0 Å². The molecule has 6 heteroatoms. The maximum absolute atomic E-state index is 10.6. The fourth-order valence-corrected chi connectivity index (χ4v) is 0.556. The van der Waals surface area contributed by atoms with E-state index in [9.17, 15) is 9.59 Å². The molecule has 0 aromatic carbocycles. The number of carbonyl (C=O) groups is 2. The molecular formula is C6H10ClNO4. The minimum atomic E-state index is -0.738. The molecule has 5 nitrogen and oxygen atoms in total. The zero-order chi connectivity index (χ0) is 9.40. The number of amides is 1. The lowest BCUT2D eigenvalue weighted by Crippen LogP contribution is -2.30. The Bertz CT molecular complexity index is 144. The summed E-state index contributed by atoms with van der Waals surface area (Å²) in [6, 6.07) is -0.241. The van der Waals surface area contributed by atoms with Crippen molar-refractivity contribution in [1.29, 1.82) is 0 Å².